The van der Waals surface area contributed by atoms with Crippen molar-refractivity contribution in [2.45, 2.75) is 31.6 Å². The summed E-state index contributed by atoms with van der Waals surface area (Å²) in [5.41, 5.74) is 0.216. The van der Waals surface area contributed by atoms with E-state index in [0.717, 1.165) is 0 Å². The number of benzene rings is 1. The SMILES string of the molecule is COc1c(C)cc(C2(CC(=O)O)CC2)c(F)c1O. The van der Waals surface area contributed by atoms with Crippen molar-refractivity contribution in [3.63, 3.8) is 0 Å². The van der Waals surface area contributed by atoms with Crippen molar-refractivity contribution in [1.29, 1.82) is 0 Å². The van der Waals surface area contributed by atoms with Crippen LogP contribution in [0.2, 0.25) is 0 Å². The van der Waals surface area contributed by atoms with E-state index in [1.54, 1.807) is 13.0 Å². The summed E-state index contributed by atoms with van der Waals surface area (Å²) >= 11 is 0. The summed E-state index contributed by atoms with van der Waals surface area (Å²) in [7, 11) is 1.35. The van der Waals surface area contributed by atoms with Crippen molar-refractivity contribution in [2.24, 2.45) is 0 Å². The highest BCUT2D eigenvalue weighted by molar-refractivity contribution is 5.70. The molecule has 98 valence electrons. The van der Waals surface area contributed by atoms with E-state index in [9.17, 15) is 14.3 Å². The van der Waals surface area contributed by atoms with E-state index in [1.165, 1.54) is 7.11 Å². The molecule has 1 saturated carbocycles. The van der Waals surface area contributed by atoms with Crippen LogP contribution in [-0.4, -0.2) is 23.3 Å². The molecule has 0 amide bonds. The van der Waals surface area contributed by atoms with Crippen molar-refractivity contribution < 1.29 is 24.1 Å². The first-order valence-electron chi connectivity index (χ1n) is 5.69. The number of phenols is 1. The molecule has 1 aliphatic carbocycles. The fourth-order valence-corrected chi connectivity index (χ4v) is 2.38. The molecule has 1 aromatic carbocycles. The lowest BCUT2D eigenvalue weighted by Crippen LogP contribution is -2.15. The Morgan fingerprint density at radius 1 is 1.56 bits per heavy atom. The van der Waals surface area contributed by atoms with Gasteiger partial charge < -0.3 is 14.9 Å². The number of ether oxygens (including phenoxy) is 1. The number of aryl methyl sites for hydroxylation is 1. The van der Waals surface area contributed by atoms with E-state index in [-0.39, 0.29) is 17.7 Å². The van der Waals surface area contributed by atoms with Gasteiger partial charge in [0.15, 0.2) is 17.3 Å². The van der Waals surface area contributed by atoms with Gasteiger partial charge in [0.1, 0.15) is 0 Å². The minimum Gasteiger partial charge on any atom is -0.502 e. The summed E-state index contributed by atoms with van der Waals surface area (Å²) < 4.78 is 19.0. The lowest BCUT2D eigenvalue weighted by molar-refractivity contribution is -0.137. The molecule has 0 atom stereocenters. The summed E-state index contributed by atoms with van der Waals surface area (Å²) in [4.78, 5) is 10.8. The molecule has 2 N–H and O–H groups in total. The van der Waals surface area contributed by atoms with Gasteiger partial charge in [-0.1, -0.05) is 0 Å². The van der Waals surface area contributed by atoms with Crippen LogP contribution in [-0.2, 0) is 10.2 Å². The Kier molecular flexibility index (Phi) is 2.92. The summed E-state index contributed by atoms with van der Waals surface area (Å²) in [6.45, 7) is 1.69. The van der Waals surface area contributed by atoms with Crippen molar-refractivity contribution in [1.82, 2.24) is 0 Å². The molecule has 1 aliphatic rings. The molecule has 0 radical (unpaired) electrons. The predicted octanol–water partition coefficient (Wildman–Crippen LogP) is 2.35. The van der Waals surface area contributed by atoms with E-state index in [1.807, 2.05) is 0 Å². The molecule has 1 aromatic rings. The van der Waals surface area contributed by atoms with Crippen LogP contribution >= 0.6 is 0 Å². The number of aliphatic carboxylic acids is 1. The van der Waals surface area contributed by atoms with Gasteiger partial charge in [-0.2, -0.15) is 0 Å². The first kappa shape index (κ1) is 12.7. The molecular formula is C13H15FO4. The molecule has 1 fully saturated rings. The van der Waals surface area contributed by atoms with Crippen LogP contribution in [0.4, 0.5) is 4.39 Å². The molecule has 0 saturated heterocycles. The van der Waals surface area contributed by atoms with Crippen LogP contribution in [0.3, 0.4) is 0 Å². The molecular weight excluding hydrogens is 239 g/mol. The molecule has 18 heavy (non-hydrogen) atoms. The van der Waals surface area contributed by atoms with Gasteiger partial charge in [0, 0.05) is 5.41 Å². The maximum atomic E-state index is 14.1. The molecule has 5 heteroatoms. The van der Waals surface area contributed by atoms with Crippen LogP contribution in [0.5, 0.6) is 11.5 Å². The summed E-state index contributed by atoms with van der Waals surface area (Å²) in [6.07, 6.45) is 1.14. The highest BCUT2D eigenvalue weighted by Gasteiger charge is 2.48. The van der Waals surface area contributed by atoms with Gasteiger partial charge in [-0.05, 0) is 37.0 Å². The number of rotatable bonds is 4. The summed E-state index contributed by atoms with van der Waals surface area (Å²) in [6, 6.07) is 1.57. The fourth-order valence-electron chi connectivity index (χ4n) is 2.38. The van der Waals surface area contributed by atoms with E-state index in [0.29, 0.717) is 18.4 Å². The van der Waals surface area contributed by atoms with Crippen LogP contribution in [0.1, 0.15) is 30.4 Å². The summed E-state index contributed by atoms with van der Waals surface area (Å²) in [5, 5.41) is 18.6. The standard InChI is InChI=1S/C13H15FO4/c1-7-5-8(10(14)11(17)12(7)18-2)13(3-4-13)6-9(15)16/h5,17H,3-4,6H2,1-2H3,(H,15,16). The van der Waals surface area contributed by atoms with Gasteiger partial charge in [-0.25, -0.2) is 4.39 Å². The third-order valence-electron chi connectivity index (χ3n) is 3.50. The van der Waals surface area contributed by atoms with E-state index in [4.69, 9.17) is 9.84 Å². The maximum Gasteiger partial charge on any atom is 0.304 e. The van der Waals surface area contributed by atoms with Crippen LogP contribution < -0.4 is 4.74 Å². The molecule has 2 rings (SSSR count). The third-order valence-corrected chi connectivity index (χ3v) is 3.50. The lowest BCUT2D eigenvalue weighted by atomic mass is 9.90. The van der Waals surface area contributed by atoms with Crippen LogP contribution in [0, 0.1) is 12.7 Å². The van der Waals surface area contributed by atoms with E-state index < -0.39 is 23.0 Å². The Morgan fingerprint density at radius 3 is 2.61 bits per heavy atom. The summed E-state index contributed by atoms with van der Waals surface area (Å²) in [5.74, 6) is -2.16. The quantitative estimate of drug-likeness (QED) is 0.865. The smallest absolute Gasteiger partial charge is 0.304 e. The number of methoxy groups -OCH3 is 1. The van der Waals surface area contributed by atoms with Crippen molar-refractivity contribution in [2.75, 3.05) is 7.11 Å². The number of hydrogen-bond acceptors (Lipinski definition) is 3. The number of carbonyl (C=O) groups is 1. The van der Waals surface area contributed by atoms with E-state index >= 15 is 0 Å². The second kappa shape index (κ2) is 4.15. The van der Waals surface area contributed by atoms with Gasteiger partial charge in [-0.3, -0.25) is 4.79 Å². The number of carboxylic acids is 1. The average Bonchev–Trinajstić information content (AvgIpc) is 3.04. The topological polar surface area (TPSA) is 66.8 Å². The molecule has 0 aliphatic heterocycles. The van der Waals surface area contributed by atoms with Crippen molar-refractivity contribution in [3.8, 4) is 11.5 Å². The highest BCUT2D eigenvalue weighted by atomic mass is 19.1. The molecule has 0 spiro atoms. The van der Waals surface area contributed by atoms with Crippen LogP contribution in [0.15, 0.2) is 6.07 Å². The molecule has 0 bridgehead atoms. The molecule has 4 nitrogen and oxygen atoms in total. The number of phenolic OH excluding ortho intramolecular Hbond substituents is 1. The zero-order chi connectivity index (χ0) is 13.5. The monoisotopic (exact) mass is 254 g/mol. The van der Waals surface area contributed by atoms with Crippen molar-refractivity contribution in [3.05, 3.63) is 23.0 Å². The Bertz CT molecular complexity index is 506. The zero-order valence-corrected chi connectivity index (χ0v) is 10.3. The minimum absolute atomic E-state index is 0.0994. The fraction of sp³-hybridized carbons (Fsp3) is 0.462. The van der Waals surface area contributed by atoms with Gasteiger partial charge >= 0.3 is 5.97 Å². The number of hydrogen-bond donors (Lipinski definition) is 2. The normalized spacial score (nSPS) is 16.4. The average molecular weight is 254 g/mol. The third kappa shape index (κ3) is 1.89. The van der Waals surface area contributed by atoms with Crippen molar-refractivity contribution >= 4 is 5.97 Å². The molecule has 0 aromatic heterocycles. The first-order chi connectivity index (χ1) is 8.41. The van der Waals surface area contributed by atoms with Gasteiger partial charge in [0.05, 0.1) is 13.5 Å². The zero-order valence-electron chi connectivity index (χ0n) is 10.3. The number of halogens is 1. The Balaban J connectivity index is 2.50. The Hall–Kier alpha value is -1.78. The Labute approximate surface area is 104 Å². The van der Waals surface area contributed by atoms with E-state index in [2.05, 4.69) is 0 Å². The van der Waals surface area contributed by atoms with Crippen LogP contribution in [0.25, 0.3) is 0 Å². The number of carboxylic acid groups (broad SMARTS) is 1. The molecule has 0 unspecified atom stereocenters. The Morgan fingerprint density at radius 2 is 2.17 bits per heavy atom. The van der Waals surface area contributed by atoms with Gasteiger partial charge in [-0.15, -0.1) is 0 Å². The largest absolute Gasteiger partial charge is 0.502 e. The second-order valence-corrected chi connectivity index (χ2v) is 4.79. The number of aromatic hydroxyl groups is 1. The minimum atomic E-state index is -0.958. The first-order valence-corrected chi connectivity index (χ1v) is 5.69. The van der Waals surface area contributed by atoms with Gasteiger partial charge in [0.25, 0.3) is 0 Å². The molecule has 0 heterocycles. The predicted molar refractivity (Wildman–Crippen MR) is 62.5 cm³/mol. The second-order valence-electron chi connectivity index (χ2n) is 4.79. The lowest BCUT2D eigenvalue weighted by Gasteiger charge is -2.18. The van der Waals surface area contributed by atoms with Gasteiger partial charge in [0.2, 0.25) is 0 Å². The highest BCUT2D eigenvalue weighted by Crippen LogP contribution is 2.54. The maximum absolute atomic E-state index is 14.1.